The Hall–Kier alpha value is -1.55. The van der Waals surface area contributed by atoms with E-state index < -0.39 is 0 Å². The maximum atomic E-state index is 12.6. The van der Waals surface area contributed by atoms with Crippen LogP contribution >= 0.6 is 0 Å². The first-order valence-electron chi connectivity index (χ1n) is 7.77. The average molecular weight is 290 g/mol. The number of likely N-dealkylation sites (tertiary alicyclic amines) is 1. The first kappa shape index (κ1) is 15.8. The molecule has 1 fully saturated rings. The number of rotatable bonds is 4. The molecule has 1 aromatic rings. The summed E-state index contributed by atoms with van der Waals surface area (Å²) in [5, 5.41) is 0. The lowest BCUT2D eigenvalue weighted by molar-refractivity contribution is -0.133. The molecule has 1 amide bonds. The summed E-state index contributed by atoms with van der Waals surface area (Å²) in [4.78, 5) is 14.5. The van der Waals surface area contributed by atoms with E-state index in [4.69, 9.17) is 10.5 Å². The van der Waals surface area contributed by atoms with Gasteiger partial charge in [-0.1, -0.05) is 18.2 Å². The van der Waals surface area contributed by atoms with E-state index in [2.05, 4.69) is 6.92 Å². The van der Waals surface area contributed by atoms with Crippen LogP contribution in [-0.4, -0.2) is 35.5 Å². The number of para-hydroxylation sites is 1. The second-order valence-corrected chi connectivity index (χ2v) is 6.17. The molecule has 0 bridgehead atoms. The topological polar surface area (TPSA) is 55.6 Å². The van der Waals surface area contributed by atoms with Gasteiger partial charge < -0.3 is 15.4 Å². The molecular weight excluding hydrogens is 264 g/mol. The Labute approximate surface area is 127 Å². The van der Waals surface area contributed by atoms with Crippen molar-refractivity contribution in [2.24, 2.45) is 5.73 Å². The third-order valence-corrected chi connectivity index (χ3v) is 3.91. The average Bonchev–Trinajstić information content (AvgIpc) is 2.40. The smallest absolute Gasteiger partial charge is 0.227 e. The fraction of sp³-hybridized carbons (Fsp3) is 0.588. The van der Waals surface area contributed by atoms with E-state index in [0.29, 0.717) is 6.42 Å². The Morgan fingerprint density at radius 2 is 2.14 bits per heavy atom. The number of nitrogens with zero attached hydrogens (tertiary/aromatic N) is 1. The van der Waals surface area contributed by atoms with Crippen LogP contribution in [0.1, 0.15) is 39.2 Å². The van der Waals surface area contributed by atoms with Gasteiger partial charge in [-0.25, -0.2) is 0 Å². The molecule has 2 rings (SSSR count). The van der Waals surface area contributed by atoms with Gasteiger partial charge in [0.25, 0.3) is 0 Å². The molecule has 2 N–H and O–H groups in total. The second-order valence-electron chi connectivity index (χ2n) is 6.17. The van der Waals surface area contributed by atoms with E-state index in [1.807, 2.05) is 43.0 Å². The van der Waals surface area contributed by atoms with Gasteiger partial charge >= 0.3 is 0 Å². The van der Waals surface area contributed by atoms with Gasteiger partial charge in [0.2, 0.25) is 5.91 Å². The van der Waals surface area contributed by atoms with Crippen molar-refractivity contribution in [3.63, 3.8) is 0 Å². The third kappa shape index (κ3) is 4.21. The number of ether oxygens (including phenoxy) is 1. The van der Waals surface area contributed by atoms with E-state index >= 15 is 0 Å². The fourth-order valence-electron chi connectivity index (χ4n) is 2.86. The van der Waals surface area contributed by atoms with Crippen LogP contribution in [0.15, 0.2) is 24.3 Å². The van der Waals surface area contributed by atoms with Crippen molar-refractivity contribution in [1.29, 1.82) is 0 Å². The number of carbonyl (C=O) groups excluding carboxylic acids is 1. The van der Waals surface area contributed by atoms with Gasteiger partial charge in [0, 0.05) is 24.2 Å². The Morgan fingerprint density at radius 1 is 1.43 bits per heavy atom. The molecule has 4 heteroatoms. The van der Waals surface area contributed by atoms with E-state index in [1.165, 1.54) is 0 Å². The van der Waals surface area contributed by atoms with Crippen LogP contribution in [0.3, 0.4) is 0 Å². The summed E-state index contributed by atoms with van der Waals surface area (Å²) in [6.45, 7) is 6.82. The van der Waals surface area contributed by atoms with E-state index in [-0.39, 0.29) is 24.1 Å². The molecule has 0 aliphatic carbocycles. The van der Waals surface area contributed by atoms with Crippen molar-refractivity contribution in [3.05, 3.63) is 29.8 Å². The highest BCUT2D eigenvalue weighted by Gasteiger charge is 2.27. The van der Waals surface area contributed by atoms with Crippen molar-refractivity contribution < 1.29 is 9.53 Å². The summed E-state index contributed by atoms with van der Waals surface area (Å²) in [6, 6.07) is 8.23. The number of piperidine rings is 1. The van der Waals surface area contributed by atoms with E-state index in [0.717, 1.165) is 30.7 Å². The monoisotopic (exact) mass is 290 g/mol. The van der Waals surface area contributed by atoms with Gasteiger partial charge in [-0.15, -0.1) is 0 Å². The quantitative estimate of drug-likeness (QED) is 0.926. The molecular formula is C17H26N2O2. The highest BCUT2D eigenvalue weighted by molar-refractivity contribution is 5.80. The van der Waals surface area contributed by atoms with Gasteiger partial charge in [0.05, 0.1) is 12.5 Å². The maximum Gasteiger partial charge on any atom is 0.227 e. The summed E-state index contributed by atoms with van der Waals surface area (Å²) in [5.74, 6) is 0.969. The van der Waals surface area contributed by atoms with Crippen LogP contribution in [0.5, 0.6) is 5.75 Å². The number of nitrogens with two attached hydrogens (primary N) is 1. The lowest BCUT2D eigenvalue weighted by atomic mass is 9.98. The largest absolute Gasteiger partial charge is 0.491 e. The molecule has 1 aliphatic rings. The Morgan fingerprint density at radius 3 is 2.81 bits per heavy atom. The predicted octanol–water partition coefficient (Wildman–Crippen LogP) is 2.35. The van der Waals surface area contributed by atoms with Crippen LogP contribution < -0.4 is 10.5 Å². The zero-order chi connectivity index (χ0) is 15.4. The molecule has 4 nitrogen and oxygen atoms in total. The van der Waals surface area contributed by atoms with Crippen molar-refractivity contribution in [1.82, 2.24) is 4.90 Å². The molecule has 0 saturated carbocycles. The predicted molar refractivity (Wildman–Crippen MR) is 84.3 cm³/mol. The van der Waals surface area contributed by atoms with Gasteiger partial charge in [0.1, 0.15) is 5.75 Å². The normalized spacial score (nSPS) is 22.4. The van der Waals surface area contributed by atoms with Crippen molar-refractivity contribution >= 4 is 5.91 Å². The van der Waals surface area contributed by atoms with Crippen molar-refractivity contribution in [2.45, 2.75) is 58.2 Å². The van der Waals surface area contributed by atoms with Crippen molar-refractivity contribution in [3.8, 4) is 5.75 Å². The van der Waals surface area contributed by atoms with E-state index in [9.17, 15) is 4.79 Å². The molecule has 0 radical (unpaired) electrons. The number of amides is 1. The highest BCUT2D eigenvalue weighted by atomic mass is 16.5. The second kappa shape index (κ2) is 6.94. The standard InChI is InChI=1S/C17H26N2O2/c1-12(2)21-16-7-5-4-6-14(16)11-17(20)19-9-8-15(18)10-13(19)3/h4-7,12-13,15H,8-11,18H2,1-3H3/t13-,15-/m0/s1. The highest BCUT2D eigenvalue weighted by Crippen LogP contribution is 2.23. The van der Waals surface area contributed by atoms with Crippen LogP contribution in [-0.2, 0) is 11.2 Å². The Balaban J connectivity index is 2.06. The van der Waals surface area contributed by atoms with Gasteiger partial charge in [-0.3, -0.25) is 4.79 Å². The van der Waals surface area contributed by atoms with Crippen LogP contribution in [0, 0.1) is 0 Å². The molecule has 0 unspecified atom stereocenters. The fourth-order valence-corrected chi connectivity index (χ4v) is 2.86. The first-order chi connectivity index (χ1) is 9.97. The summed E-state index contributed by atoms with van der Waals surface area (Å²) in [6.07, 6.45) is 2.27. The molecule has 0 aromatic heterocycles. The lowest BCUT2D eigenvalue weighted by Gasteiger charge is -2.36. The lowest BCUT2D eigenvalue weighted by Crippen LogP contribution is -2.48. The summed E-state index contributed by atoms with van der Waals surface area (Å²) in [5.41, 5.74) is 6.92. The first-order valence-corrected chi connectivity index (χ1v) is 7.77. The number of hydrogen-bond acceptors (Lipinski definition) is 3. The summed E-state index contributed by atoms with van der Waals surface area (Å²) >= 11 is 0. The number of carbonyl (C=O) groups is 1. The minimum atomic E-state index is 0.105. The van der Waals surface area contributed by atoms with E-state index in [1.54, 1.807) is 0 Å². The van der Waals surface area contributed by atoms with Crippen molar-refractivity contribution in [2.75, 3.05) is 6.54 Å². The number of hydrogen-bond donors (Lipinski definition) is 1. The molecule has 1 saturated heterocycles. The Kier molecular flexibility index (Phi) is 5.23. The Bertz CT molecular complexity index is 487. The zero-order valence-corrected chi connectivity index (χ0v) is 13.2. The molecule has 1 heterocycles. The minimum absolute atomic E-state index is 0.105. The minimum Gasteiger partial charge on any atom is -0.491 e. The van der Waals surface area contributed by atoms with Gasteiger partial charge in [0.15, 0.2) is 0 Å². The molecule has 1 aromatic carbocycles. The van der Waals surface area contributed by atoms with Crippen LogP contribution in [0.2, 0.25) is 0 Å². The molecule has 0 spiro atoms. The zero-order valence-electron chi connectivity index (χ0n) is 13.2. The molecule has 1 aliphatic heterocycles. The van der Waals surface area contributed by atoms with Crippen LogP contribution in [0.25, 0.3) is 0 Å². The molecule has 21 heavy (non-hydrogen) atoms. The maximum absolute atomic E-state index is 12.6. The summed E-state index contributed by atoms with van der Waals surface area (Å²) < 4.78 is 5.79. The van der Waals surface area contributed by atoms with Gasteiger partial charge in [-0.2, -0.15) is 0 Å². The van der Waals surface area contributed by atoms with Gasteiger partial charge in [-0.05, 0) is 39.7 Å². The SMILES string of the molecule is CC(C)Oc1ccccc1CC(=O)N1CC[C@H](N)C[C@@H]1C. The third-order valence-electron chi connectivity index (χ3n) is 3.91. The summed E-state index contributed by atoms with van der Waals surface area (Å²) in [7, 11) is 0. The van der Waals surface area contributed by atoms with Crippen LogP contribution in [0.4, 0.5) is 0 Å². The number of benzene rings is 1. The molecule has 2 atom stereocenters. The molecule has 116 valence electrons.